The van der Waals surface area contributed by atoms with Crippen molar-refractivity contribution in [3.63, 3.8) is 0 Å². The van der Waals surface area contributed by atoms with Crippen LogP contribution in [0.5, 0.6) is 11.5 Å². The zero-order chi connectivity index (χ0) is 59.4. The number of carbonyl (C=O) groups is 4. The molecule has 0 spiro atoms. The molecule has 20 heteroatoms. The first-order valence-electron chi connectivity index (χ1n) is 27.0. The lowest BCUT2D eigenvalue weighted by Gasteiger charge is -2.34. The fourth-order valence-electron chi connectivity index (χ4n) is 8.16. The van der Waals surface area contributed by atoms with E-state index in [9.17, 15) is 19.2 Å². The lowest BCUT2D eigenvalue weighted by Crippen LogP contribution is -2.56. The van der Waals surface area contributed by atoms with Crippen molar-refractivity contribution in [1.82, 2.24) is 0 Å². The summed E-state index contributed by atoms with van der Waals surface area (Å²) in [5.74, 6) is -1.20. The number of hydrogen-bond acceptors (Lipinski definition) is 14. The summed E-state index contributed by atoms with van der Waals surface area (Å²) in [5, 5.41) is 11.9. The first kappa shape index (κ1) is 62.8. The summed E-state index contributed by atoms with van der Waals surface area (Å²) in [7, 11) is -8.01. The van der Waals surface area contributed by atoms with Crippen LogP contribution in [-0.2, 0) is 32.0 Å². The van der Waals surface area contributed by atoms with E-state index in [2.05, 4.69) is 21.3 Å². The van der Waals surface area contributed by atoms with E-state index in [1.54, 1.807) is 109 Å². The Morgan fingerprint density at radius 2 is 0.617 bits per heavy atom. The molecule has 0 bridgehead atoms. The monoisotopic (exact) mass is 1140 g/mol. The van der Waals surface area contributed by atoms with Gasteiger partial charge in [-0.1, -0.05) is 26.0 Å². The molecular weight excluding hydrogens is 1060 g/mol. The number of carbonyl (C=O) groups excluding carboxylic acids is 4. The average Bonchev–Trinajstić information content (AvgIpc) is 3.59. The van der Waals surface area contributed by atoms with Crippen molar-refractivity contribution < 1.29 is 54.6 Å². The van der Waals surface area contributed by atoms with Crippen LogP contribution in [0, 0.1) is 0 Å². The highest BCUT2D eigenvalue weighted by Crippen LogP contribution is 2.41. The van der Waals surface area contributed by atoms with Crippen LogP contribution >= 0.6 is 0 Å². The summed E-state index contributed by atoms with van der Waals surface area (Å²) in [4.78, 5) is 54.8. The normalized spacial score (nSPS) is 12.1. The smallest absolute Gasteiger partial charge is 0.478 e. The molecule has 0 saturated heterocycles. The fourth-order valence-corrected chi connectivity index (χ4v) is 13.1. The van der Waals surface area contributed by atoms with Gasteiger partial charge in [0.1, 0.15) is 11.5 Å². The maximum atomic E-state index is 14.4. The number of nitrogens with two attached hydrogens (primary N) is 2. The summed E-state index contributed by atoms with van der Waals surface area (Å²) in [6.07, 6.45) is -2.18. The summed E-state index contributed by atoms with van der Waals surface area (Å²) < 4.78 is 52.0. The summed E-state index contributed by atoms with van der Waals surface area (Å²) >= 11 is 0. The summed E-state index contributed by atoms with van der Waals surface area (Å²) in [5.41, 5.74) is 16.2. The van der Waals surface area contributed by atoms with Gasteiger partial charge in [-0.2, -0.15) is 0 Å². The van der Waals surface area contributed by atoms with Gasteiger partial charge < -0.3 is 68.1 Å². The van der Waals surface area contributed by atoms with Gasteiger partial charge in [0.15, 0.2) is 0 Å². The summed E-state index contributed by atoms with van der Waals surface area (Å²) in [6.45, 7) is 26.3. The van der Waals surface area contributed by atoms with Gasteiger partial charge in [0.2, 0.25) is 0 Å². The highest BCUT2D eigenvalue weighted by atomic mass is 28.4. The number of nitrogens with one attached hydrogen (secondary N) is 4. The SMILES string of the molecule is CC(C)O[Si](Oc1ccc(C(C)(C)c2ccc(O[Si](OC(C)C)(OC(C)C)OC(C)C)c(NC(=O)c3ccc(NC(=O)c4ccc(N)cc4)cc3)c2)cc1NC(=O)c1ccc(NC(=O)c2ccc(N)cc2)cc1)(OC(C)C)OC(C)C. The number of amides is 4. The Kier molecular flexibility index (Phi) is 21.2. The van der Waals surface area contributed by atoms with Crippen molar-refractivity contribution in [2.45, 2.75) is 139 Å². The first-order chi connectivity index (χ1) is 38.1. The van der Waals surface area contributed by atoms with Gasteiger partial charge in [-0.05, 0) is 216 Å². The van der Waals surface area contributed by atoms with Crippen molar-refractivity contribution in [2.75, 3.05) is 32.7 Å². The Bertz CT molecular complexity index is 2840. The molecule has 0 radical (unpaired) electrons. The molecule has 0 saturated carbocycles. The first-order valence-corrected chi connectivity index (χ1v) is 30.3. The number of hydrogen-bond donors (Lipinski definition) is 6. The van der Waals surface area contributed by atoms with Gasteiger partial charge in [0, 0.05) is 87.0 Å². The van der Waals surface area contributed by atoms with Crippen LogP contribution in [0.15, 0.2) is 133 Å². The van der Waals surface area contributed by atoms with E-state index in [0.717, 1.165) is 11.1 Å². The second kappa shape index (κ2) is 27.4. The molecule has 0 fully saturated rings. The van der Waals surface area contributed by atoms with Crippen LogP contribution in [0.3, 0.4) is 0 Å². The third-order valence-electron chi connectivity index (χ3n) is 11.8. The zero-order valence-corrected chi connectivity index (χ0v) is 50.7. The highest BCUT2D eigenvalue weighted by molar-refractivity contribution is 6.55. The topological polar surface area (TPSA) is 242 Å². The van der Waals surface area contributed by atoms with Crippen LogP contribution < -0.4 is 41.6 Å². The van der Waals surface area contributed by atoms with Crippen LogP contribution in [-0.4, -0.2) is 78.3 Å². The minimum atomic E-state index is -4.01. The van der Waals surface area contributed by atoms with Crippen LogP contribution in [0.4, 0.5) is 34.1 Å². The molecular formula is C61H78N6O12Si2. The molecule has 0 aliphatic rings. The summed E-state index contributed by atoms with van der Waals surface area (Å²) in [6, 6.07) is 36.9. The lowest BCUT2D eigenvalue weighted by atomic mass is 9.77. The minimum Gasteiger partial charge on any atom is -0.478 e. The molecule has 0 aromatic heterocycles. The minimum absolute atomic E-state index is 0.221. The largest absolute Gasteiger partial charge is 0.750 e. The van der Waals surface area contributed by atoms with E-state index >= 15 is 0 Å². The Morgan fingerprint density at radius 1 is 0.370 bits per heavy atom. The van der Waals surface area contributed by atoms with E-state index in [1.165, 1.54) is 0 Å². The molecule has 6 rings (SSSR count). The van der Waals surface area contributed by atoms with Crippen molar-refractivity contribution >= 4 is 75.8 Å². The maximum absolute atomic E-state index is 14.4. The third kappa shape index (κ3) is 17.8. The molecule has 0 aliphatic carbocycles. The van der Waals surface area contributed by atoms with Crippen molar-refractivity contribution in [2.24, 2.45) is 0 Å². The van der Waals surface area contributed by atoms with E-state index in [0.29, 0.717) is 33.9 Å². The maximum Gasteiger partial charge on any atom is 0.750 e. The third-order valence-corrected chi connectivity index (χ3v) is 17.3. The van der Waals surface area contributed by atoms with E-state index in [4.69, 9.17) is 46.9 Å². The van der Waals surface area contributed by atoms with Crippen molar-refractivity contribution in [3.8, 4) is 11.5 Å². The second-order valence-electron chi connectivity index (χ2n) is 21.5. The Hall–Kier alpha value is -7.41. The Morgan fingerprint density at radius 3 is 0.877 bits per heavy atom. The molecule has 0 heterocycles. The van der Waals surface area contributed by atoms with Gasteiger partial charge in [-0.3, -0.25) is 19.2 Å². The molecule has 432 valence electrons. The Labute approximate surface area is 478 Å². The van der Waals surface area contributed by atoms with Crippen LogP contribution in [0.1, 0.15) is 149 Å². The molecule has 0 unspecified atom stereocenters. The van der Waals surface area contributed by atoms with Crippen LogP contribution in [0.2, 0.25) is 0 Å². The van der Waals surface area contributed by atoms with Crippen molar-refractivity contribution in [3.05, 3.63) is 167 Å². The predicted molar refractivity (Wildman–Crippen MR) is 322 cm³/mol. The quantitative estimate of drug-likeness (QED) is 0.0219. The molecule has 0 atom stereocenters. The van der Waals surface area contributed by atoms with Gasteiger partial charge in [-0.25, -0.2) is 0 Å². The van der Waals surface area contributed by atoms with E-state index < -0.39 is 35.3 Å². The molecule has 0 aliphatic heterocycles. The number of anilines is 6. The predicted octanol–water partition coefficient (Wildman–Crippen LogP) is 12.4. The van der Waals surface area contributed by atoms with Gasteiger partial charge in [0.05, 0.1) is 11.4 Å². The highest BCUT2D eigenvalue weighted by Gasteiger charge is 2.53. The zero-order valence-electron chi connectivity index (χ0n) is 48.7. The standard InChI is InChI=1S/C61H78N6O12Si2/c1-37(2)72-80(73-38(3)4,74-39(5)6)78-55-33-23-47(35-53(55)66-59(70)45-19-29-51(30-20-45)64-57(68)43-15-25-49(62)26-16-43)61(13,14)48-24-34-56(79-81(75-40(7)8,76-41(9)10)77-42(11)12)54(36-48)67-60(71)46-21-31-52(32-22-46)65-58(69)44-17-27-50(63)28-18-44/h15-42H,62-63H2,1-14H3,(H,64,68)(H,65,69)(H,66,70)(H,67,71). The molecule has 81 heavy (non-hydrogen) atoms. The van der Waals surface area contributed by atoms with E-state index in [-0.39, 0.29) is 82.4 Å². The molecule has 6 aromatic carbocycles. The van der Waals surface area contributed by atoms with Gasteiger partial charge in [-0.15, -0.1) is 0 Å². The lowest BCUT2D eigenvalue weighted by molar-refractivity contribution is -0.0476. The number of rotatable bonds is 26. The Balaban J connectivity index is 1.41. The van der Waals surface area contributed by atoms with Gasteiger partial charge in [0.25, 0.3) is 23.6 Å². The molecule has 4 amide bonds. The average molecular weight is 1140 g/mol. The van der Waals surface area contributed by atoms with Crippen LogP contribution in [0.25, 0.3) is 0 Å². The molecule has 6 aromatic rings. The van der Waals surface area contributed by atoms with Crippen molar-refractivity contribution in [1.29, 1.82) is 0 Å². The second-order valence-corrected chi connectivity index (χ2v) is 25.3. The number of benzene rings is 6. The van der Waals surface area contributed by atoms with E-state index in [1.807, 2.05) is 121 Å². The fraction of sp³-hybridized carbons (Fsp3) is 0.344. The number of nitrogen functional groups attached to an aromatic ring is 2. The molecule has 18 nitrogen and oxygen atoms in total. The molecule has 8 N–H and O–H groups in total. The van der Waals surface area contributed by atoms with Gasteiger partial charge >= 0.3 is 18.1 Å².